The number of carbonyl (C=O) groups excluding carboxylic acids is 4. The molecule has 1 N–H and O–H groups in total. The second-order valence-corrected chi connectivity index (χ2v) is 7.62. The number of hydrogen-bond donors (Lipinski definition) is 1. The molecule has 1 rings (SSSR count). The van der Waals surface area contributed by atoms with Gasteiger partial charge in [0.2, 0.25) is 5.91 Å². The Morgan fingerprint density at radius 1 is 1.27 bits per heavy atom. The van der Waals surface area contributed by atoms with Gasteiger partial charge < -0.3 is 14.8 Å². The lowest BCUT2D eigenvalue weighted by molar-refractivity contribution is -0.145. The molecule has 0 bridgehead atoms. The quantitative estimate of drug-likeness (QED) is 0.101. The summed E-state index contributed by atoms with van der Waals surface area (Å²) in [4.78, 5) is 48.5. The predicted molar refractivity (Wildman–Crippen MR) is 129 cm³/mol. The third-order valence-electron chi connectivity index (χ3n) is 5.10. The second kappa shape index (κ2) is 13.8. The van der Waals surface area contributed by atoms with Gasteiger partial charge in [0.1, 0.15) is 6.29 Å². The summed E-state index contributed by atoms with van der Waals surface area (Å²) in [6.07, 6.45) is 8.16. The highest BCUT2D eigenvalue weighted by Gasteiger charge is 2.39. The van der Waals surface area contributed by atoms with E-state index < -0.39 is 17.9 Å². The van der Waals surface area contributed by atoms with Crippen LogP contribution in [-0.2, 0) is 23.9 Å². The summed E-state index contributed by atoms with van der Waals surface area (Å²) in [6.45, 7) is 17.9. The maximum Gasteiger partial charge on any atom is 0.257 e. The monoisotopic (exact) mass is 454 g/mol. The third-order valence-corrected chi connectivity index (χ3v) is 5.10. The van der Waals surface area contributed by atoms with Gasteiger partial charge in [0, 0.05) is 29.8 Å². The molecule has 1 atom stereocenters. The summed E-state index contributed by atoms with van der Waals surface area (Å²) >= 11 is 0. The SMILES string of the molecule is C=CC/C(C(=C)NCC(=C)/C=C\C=C1/CC(=O)N(C(CCC=O)C(C)=O)C1=O)=C(/C)OCC. The topological polar surface area (TPSA) is 92.8 Å². The number of imide groups is 1. The Hall–Kier alpha value is -3.48. The molecular weight excluding hydrogens is 420 g/mol. The fraction of sp³-hybridized carbons (Fsp3) is 0.385. The normalized spacial score (nSPS) is 16.6. The number of nitrogens with zero attached hydrogens (tertiary/aromatic N) is 1. The molecular formula is C26H34N2O5. The summed E-state index contributed by atoms with van der Waals surface area (Å²) in [5.74, 6) is -0.474. The minimum atomic E-state index is -0.909. The van der Waals surface area contributed by atoms with Crippen LogP contribution in [0.2, 0.25) is 0 Å². The van der Waals surface area contributed by atoms with Crippen LogP contribution in [0, 0.1) is 0 Å². The first kappa shape index (κ1) is 27.6. The number of allylic oxidation sites excluding steroid dienone is 5. The summed E-state index contributed by atoms with van der Waals surface area (Å²) in [6, 6.07) is -0.909. The van der Waals surface area contributed by atoms with Gasteiger partial charge in [0.25, 0.3) is 5.91 Å². The summed E-state index contributed by atoms with van der Waals surface area (Å²) < 4.78 is 5.57. The average molecular weight is 455 g/mol. The van der Waals surface area contributed by atoms with Crippen molar-refractivity contribution in [2.75, 3.05) is 13.2 Å². The van der Waals surface area contributed by atoms with Gasteiger partial charge in [-0.25, -0.2) is 0 Å². The van der Waals surface area contributed by atoms with Crippen LogP contribution in [0.15, 0.2) is 72.2 Å². The Balaban J connectivity index is 2.78. The Kier molecular flexibility index (Phi) is 11.5. The zero-order chi connectivity index (χ0) is 25.0. The maximum absolute atomic E-state index is 12.7. The van der Waals surface area contributed by atoms with Gasteiger partial charge in [0.05, 0.1) is 24.8 Å². The molecule has 0 saturated carbocycles. The molecule has 1 fully saturated rings. The zero-order valence-corrected chi connectivity index (χ0v) is 19.8. The standard InChI is InChI=1S/C26H34N2O5/c1-7-11-23(21(6)33-8-2)19(4)27-17-18(3)12-9-13-22-16-25(31)28(26(22)32)24(20(5)30)14-10-15-29/h7,9,12-13,15,24,27H,1,3-4,8,10-11,14,16-17H2,2,5-6H3/b12-9-,22-13+,23-21+. The number of ether oxygens (including phenoxy) is 1. The Bertz CT molecular complexity index is 908. The third kappa shape index (κ3) is 8.18. The fourth-order valence-corrected chi connectivity index (χ4v) is 3.39. The van der Waals surface area contributed by atoms with Crippen LogP contribution in [0.1, 0.15) is 46.5 Å². The fourth-order valence-electron chi connectivity index (χ4n) is 3.39. The number of ketones is 1. The summed E-state index contributed by atoms with van der Waals surface area (Å²) in [5, 5.41) is 3.21. The van der Waals surface area contributed by atoms with E-state index in [-0.39, 0.29) is 25.0 Å². The lowest BCUT2D eigenvalue weighted by Crippen LogP contribution is -2.43. The number of amides is 2. The minimum absolute atomic E-state index is 0.0814. The predicted octanol–water partition coefficient (Wildman–Crippen LogP) is 3.71. The second-order valence-electron chi connectivity index (χ2n) is 7.62. The first-order chi connectivity index (χ1) is 15.7. The van der Waals surface area contributed by atoms with Crippen molar-refractivity contribution in [1.82, 2.24) is 10.2 Å². The van der Waals surface area contributed by atoms with Crippen molar-refractivity contribution in [2.45, 2.75) is 52.5 Å². The average Bonchev–Trinajstić information content (AvgIpc) is 3.04. The number of nitrogens with one attached hydrogen (secondary N) is 1. The molecule has 2 amide bonds. The van der Waals surface area contributed by atoms with E-state index in [1.165, 1.54) is 6.92 Å². The van der Waals surface area contributed by atoms with Crippen LogP contribution < -0.4 is 5.32 Å². The number of Topliss-reactive ketones (excluding diaryl/α,β-unsaturated/α-hetero) is 1. The maximum atomic E-state index is 12.7. The first-order valence-electron chi connectivity index (χ1n) is 10.9. The van der Waals surface area contributed by atoms with E-state index in [0.717, 1.165) is 21.8 Å². The van der Waals surface area contributed by atoms with Gasteiger partial charge in [-0.05, 0) is 39.2 Å². The van der Waals surface area contributed by atoms with Crippen molar-refractivity contribution in [3.8, 4) is 0 Å². The molecule has 1 aliphatic heterocycles. The Labute approximate surface area is 196 Å². The van der Waals surface area contributed by atoms with Crippen LogP contribution in [0.5, 0.6) is 0 Å². The van der Waals surface area contributed by atoms with Gasteiger partial charge >= 0.3 is 0 Å². The number of aldehydes is 1. The summed E-state index contributed by atoms with van der Waals surface area (Å²) in [7, 11) is 0. The van der Waals surface area contributed by atoms with Crippen LogP contribution in [0.25, 0.3) is 0 Å². The van der Waals surface area contributed by atoms with Crippen molar-refractivity contribution < 1.29 is 23.9 Å². The number of rotatable bonds is 15. The van der Waals surface area contributed by atoms with E-state index in [9.17, 15) is 19.2 Å². The highest BCUT2D eigenvalue weighted by atomic mass is 16.5. The van der Waals surface area contributed by atoms with E-state index in [4.69, 9.17) is 4.74 Å². The molecule has 1 aliphatic rings. The van der Waals surface area contributed by atoms with E-state index >= 15 is 0 Å². The molecule has 0 aromatic heterocycles. The molecule has 7 nitrogen and oxygen atoms in total. The van der Waals surface area contributed by atoms with Crippen LogP contribution in [0.4, 0.5) is 0 Å². The largest absolute Gasteiger partial charge is 0.498 e. The van der Waals surface area contributed by atoms with Crippen LogP contribution in [0.3, 0.4) is 0 Å². The van der Waals surface area contributed by atoms with Gasteiger partial charge in [-0.15, -0.1) is 6.58 Å². The lowest BCUT2D eigenvalue weighted by Gasteiger charge is -2.22. The lowest BCUT2D eigenvalue weighted by atomic mass is 10.1. The molecule has 178 valence electrons. The highest BCUT2D eigenvalue weighted by Crippen LogP contribution is 2.24. The molecule has 1 unspecified atom stereocenters. The van der Waals surface area contributed by atoms with E-state index in [2.05, 4.69) is 25.1 Å². The van der Waals surface area contributed by atoms with Gasteiger partial charge in [0.15, 0.2) is 5.78 Å². The smallest absolute Gasteiger partial charge is 0.257 e. The molecule has 0 radical (unpaired) electrons. The van der Waals surface area contributed by atoms with Gasteiger partial charge in [-0.1, -0.05) is 37.5 Å². The van der Waals surface area contributed by atoms with E-state index in [0.29, 0.717) is 37.1 Å². The van der Waals surface area contributed by atoms with Crippen molar-refractivity contribution >= 4 is 23.9 Å². The molecule has 0 aliphatic carbocycles. The zero-order valence-electron chi connectivity index (χ0n) is 19.8. The summed E-state index contributed by atoms with van der Waals surface area (Å²) in [5.41, 5.74) is 2.67. The number of hydrogen-bond acceptors (Lipinski definition) is 6. The molecule has 33 heavy (non-hydrogen) atoms. The minimum Gasteiger partial charge on any atom is -0.498 e. The molecule has 1 saturated heterocycles. The van der Waals surface area contributed by atoms with Crippen molar-refractivity contribution in [2.24, 2.45) is 0 Å². The molecule has 0 spiro atoms. The number of carbonyl (C=O) groups is 4. The number of likely N-dealkylation sites (tertiary alicyclic amines) is 1. The first-order valence-corrected chi connectivity index (χ1v) is 10.9. The van der Waals surface area contributed by atoms with E-state index in [1.807, 2.05) is 13.8 Å². The van der Waals surface area contributed by atoms with Gasteiger partial charge in [-0.3, -0.25) is 19.3 Å². The molecule has 1 heterocycles. The highest BCUT2D eigenvalue weighted by molar-refractivity contribution is 6.15. The van der Waals surface area contributed by atoms with E-state index in [1.54, 1.807) is 24.3 Å². The Morgan fingerprint density at radius 2 is 1.97 bits per heavy atom. The molecule has 7 heteroatoms. The van der Waals surface area contributed by atoms with Crippen LogP contribution >= 0.6 is 0 Å². The van der Waals surface area contributed by atoms with Crippen molar-refractivity contribution in [1.29, 1.82) is 0 Å². The van der Waals surface area contributed by atoms with Crippen molar-refractivity contribution in [3.63, 3.8) is 0 Å². The van der Waals surface area contributed by atoms with Crippen molar-refractivity contribution in [3.05, 3.63) is 72.2 Å². The van der Waals surface area contributed by atoms with Crippen LogP contribution in [-0.4, -0.2) is 48.0 Å². The van der Waals surface area contributed by atoms with Gasteiger partial charge in [-0.2, -0.15) is 0 Å². The molecule has 0 aromatic carbocycles. The Morgan fingerprint density at radius 3 is 2.55 bits per heavy atom. The molecule has 0 aromatic rings.